The zero-order chi connectivity index (χ0) is 19.4. The van der Waals surface area contributed by atoms with Crippen molar-refractivity contribution in [3.8, 4) is 17.2 Å². The molecule has 1 aromatic carbocycles. The van der Waals surface area contributed by atoms with Gasteiger partial charge in [0, 0.05) is 38.0 Å². The van der Waals surface area contributed by atoms with E-state index in [2.05, 4.69) is 10.3 Å². The molecule has 0 radical (unpaired) electrons. The summed E-state index contributed by atoms with van der Waals surface area (Å²) in [6, 6.07) is 8.58. The first kappa shape index (κ1) is 18.2. The number of esters is 2. The number of anilines is 1. The number of carbonyl (C=O) groups is 2. The summed E-state index contributed by atoms with van der Waals surface area (Å²) >= 11 is 0. The van der Waals surface area contributed by atoms with Gasteiger partial charge in [0.15, 0.2) is 17.1 Å². The summed E-state index contributed by atoms with van der Waals surface area (Å²) in [6.45, 7) is 2.97. The molecule has 0 bridgehead atoms. The molecule has 8 nitrogen and oxygen atoms in total. The smallest absolute Gasteiger partial charge is 0.350 e. The van der Waals surface area contributed by atoms with Crippen LogP contribution in [0.3, 0.4) is 0 Å². The number of benzene rings is 1. The second kappa shape index (κ2) is 7.36. The van der Waals surface area contributed by atoms with E-state index in [1.807, 2.05) is 0 Å². The van der Waals surface area contributed by atoms with Crippen LogP contribution in [0.2, 0.25) is 0 Å². The lowest BCUT2D eigenvalue weighted by atomic mass is 10.2. The van der Waals surface area contributed by atoms with Gasteiger partial charge < -0.3 is 24.3 Å². The van der Waals surface area contributed by atoms with Crippen molar-refractivity contribution in [3.63, 3.8) is 0 Å². The van der Waals surface area contributed by atoms with Crippen molar-refractivity contribution in [2.24, 2.45) is 0 Å². The molecule has 3 rings (SSSR count). The number of nitrogens with zero attached hydrogens (tertiary/aromatic N) is 1. The standard InChI is InChI=1S/C19H18N2O6/c1-19(2)26-17(22)14(18(23)27-19)11-21-12-6-7-15(16(9-12)24-3)25-13-5-4-8-20-10-13/h4-11,21H,1-3H3. The van der Waals surface area contributed by atoms with E-state index in [9.17, 15) is 9.59 Å². The number of nitrogens with one attached hydrogen (secondary N) is 1. The Bertz CT molecular complexity index is 870. The van der Waals surface area contributed by atoms with Gasteiger partial charge in [-0.2, -0.15) is 0 Å². The summed E-state index contributed by atoms with van der Waals surface area (Å²) < 4.78 is 21.1. The van der Waals surface area contributed by atoms with E-state index in [0.717, 1.165) is 0 Å². The van der Waals surface area contributed by atoms with Crippen LogP contribution in [0.5, 0.6) is 17.2 Å². The molecule has 1 fully saturated rings. The number of rotatable bonds is 5. The van der Waals surface area contributed by atoms with Gasteiger partial charge in [-0.1, -0.05) is 0 Å². The fourth-order valence-corrected chi connectivity index (χ4v) is 2.31. The Morgan fingerprint density at radius 3 is 2.48 bits per heavy atom. The normalized spacial score (nSPS) is 15.4. The molecular weight excluding hydrogens is 352 g/mol. The highest BCUT2D eigenvalue weighted by atomic mass is 16.7. The molecule has 0 amide bonds. The Hall–Kier alpha value is -3.55. The highest BCUT2D eigenvalue weighted by molar-refractivity contribution is 6.15. The van der Waals surface area contributed by atoms with Gasteiger partial charge in [-0.15, -0.1) is 0 Å². The molecule has 0 spiro atoms. The molecule has 2 aromatic rings. The summed E-state index contributed by atoms with van der Waals surface area (Å²) in [5.74, 6) is -1.28. The van der Waals surface area contributed by atoms with Crippen LogP contribution in [0.1, 0.15) is 13.8 Å². The van der Waals surface area contributed by atoms with Crippen molar-refractivity contribution in [2.75, 3.05) is 12.4 Å². The first-order valence-electron chi connectivity index (χ1n) is 8.07. The van der Waals surface area contributed by atoms with Crippen LogP contribution in [0.25, 0.3) is 0 Å². The second-order valence-electron chi connectivity index (χ2n) is 6.04. The van der Waals surface area contributed by atoms with E-state index in [-0.39, 0.29) is 5.57 Å². The fraction of sp³-hybridized carbons (Fsp3) is 0.211. The maximum Gasteiger partial charge on any atom is 0.350 e. The molecule has 1 aliphatic rings. The number of ether oxygens (including phenoxy) is 4. The van der Waals surface area contributed by atoms with Crippen LogP contribution in [0, 0.1) is 0 Å². The van der Waals surface area contributed by atoms with Gasteiger partial charge in [0.1, 0.15) is 5.75 Å². The molecule has 1 aromatic heterocycles. The minimum absolute atomic E-state index is 0.232. The van der Waals surface area contributed by atoms with Gasteiger partial charge >= 0.3 is 11.9 Å². The number of pyridine rings is 1. The highest BCUT2D eigenvalue weighted by Gasteiger charge is 2.38. The second-order valence-corrected chi connectivity index (χ2v) is 6.04. The number of hydrogen-bond donors (Lipinski definition) is 1. The molecule has 0 atom stereocenters. The van der Waals surface area contributed by atoms with E-state index in [1.165, 1.54) is 27.2 Å². The molecular formula is C19H18N2O6. The summed E-state index contributed by atoms with van der Waals surface area (Å²) in [7, 11) is 1.51. The van der Waals surface area contributed by atoms with Gasteiger partial charge in [-0.05, 0) is 24.3 Å². The number of cyclic esters (lactones) is 2. The molecule has 0 unspecified atom stereocenters. The number of methoxy groups -OCH3 is 1. The van der Waals surface area contributed by atoms with Crippen molar-refractivity contribution < 1.29 is 28.5 Å². The third kappa shape index (κ3) is 4.35. The Balaban J connectivity index is 1.76. The molecule has 1 aliphatic heterocycles. The predicted molar refractivity (Wildman–Crippen MR) is 95.3 cm³/mol. The quantitative estimate of drug-likeness (QED) is 0.487. The molecule has 2 heterocycles. The molecule has 8 heteroatoms. The lowest BCUT2D eigenvalue weighted by Gasteiger charge is -2.29. The Morgan fingerprint density at radius 1 is 1.11 bits per heavy atom. The average molecular weight is 370 g/mol. The van der Waals surface area contributed by atoms with Crippen molar-refractivity contribution in [1.82, 2.24) is 4.98 Å². The topological polar surface area (TPSA) is 96.0 Å². The molecule has 140 valence electrons. The van der Waals surface area contributed by atoms with Gasteiger partial charge in [0.25, 0.3) is 5.79 Å². The number of aromatic nitrogens is 1. The summed E-state index contributed by atoms with van der Waals surface area (Å²) in [6.07, 6.45) is 4.46. The maximum atomic E-state index is 11.9. The van der Waals surface area contributed by atoms with Crippen molar-refractivity contribution in [3.05, 3.63) is 54.5 Å². The molecule has 27 heavy (non-hydrogen) atoms. The molecule has 0 saturated carbocycles. The lowest BCUT2D eigenvalue weighted by molar-refractivity contribution is -0.222. The zero-order valence-corrected chi connectivity index (χ0v) is 15.0. The monoisotopic (exact) mass is 370 g/mol. The first-order chi connectivity index (χ1) is 12.9. The summed E-state index contributed by atoms with van der Waals surface area (Å²) in [4.78, 5) is 27.9. The third-order valence-electron chi connectivity index (χ3n) is 3.53. The van der Waals surface area contributed by atoms with Crippen LogP contribution in [-0.2, 0) is 19.1 Å². The van der Waals surface area contributed by atoms with Crippen LogP contribution in [-0.4, -0.2) is 29.8 Å². The molecule has 0 aliphatic carbocycles. The summed E-state index contributed by atoms with van der Waals surface area (Å²) in [5.41, 5.74) is 0.340. The van der Waals surface area contributed by atoms with E-state index in [4.69, 9.17) is 18.9 Å². The van der Waals surface area contributed by atoms with Gasteiger partial charge in [0.05, 0.1) is 13.3 Å². The number of carbonyl (C=O) groups excluding carboxylic acids is 2. The van der Waals surface area contributed by atoms with Crippen LogP contribution >= 0.6 is 0 Å². The van der Waals surface area contributed by atoms with Crippen LogP contribution in [0.15, 0.2) is 54.5 Å². The average Bonchev–Trinajstić information content (AvgIpc) is 2.62. The van der Waals surface area contributed by atoms with Gasteiger partial charge in [-0.3, -0.25) is 4.98 Å². The van der Waals surface area contributed by atoms with E-state index >= 15 is 0 Å². The number of hydrogen-bond acceptors (Lipinski definition) is 8. The minimum atomic E-state index is -1.28. The lowest BCUT2D eigenvalue weighted by Crippen LogP contribution is -2.42. The third-order valence-corrected chi connectivity index (χ3v) is 3.53. The highest BCUT2D eigenvalue weighted by Crippen LogP contribution is 2.33. The SMILES string of the molecule is COc1cc(NC=C2C(=O)OC(C)(C)OC2=O)ccc1Oc1cccnc1. The van der Waals surface area contributed by atoms with Crippen LogP contribution < -0.4 is 14.8 Å². The van der Waals surface area contributed by atoms with Gasteiger partial charge in [0.2, 0.25) is 0 Å². The maximum absolute atomic E-state index is 11.9. The predicted octanol–water partition coefficient (Wildman–Crippen LogP) is 3.01. The van der Waals surface area contributed by atoms with Crippen molar-refractivity contribution >= 4 is 17.6 Å². The van der Waals surface area contributed by atoms with E-state index < -0.39 is 17.7 Å². The Kier molecular flexibility index (Phi) is 4.98. The summed E-state index contributed by atoms with van der Waals surface area (Å²) in [5, 5.41) is 2.86. The Labute approximate surface area is 155 Å². The zero-order valence-electron chi connectivity index (χ0n) is 15.0. The minimum Gasteiger partial charge on any atom is -0.493 e. The molecule has 1 N–H and O–H groups in total. The fourth-order valence-electron chi connectivity index (χ4n) is 2.31. The van der Waals surface area contributed by atoms with Crippen molar-refractivity contribution in [2.45, 2.75) is 19.6 Å². The van der Waals surface area contributed by atoms with Gasteiger partial charge in [-0.25, -0.2) is 9.59 Å². The Morgan fingerprint density at radius 2 is 1.85 bits per heavy atom. The first-order valence-corrected chi connectivity index (χ1v) is 8.07. The van der Waals surface area contributed by atoms with E-state index in [1.54, 1.807) is 42.7 Å². The van der Waals surface area contributed by atoms with E-state index in [0.29, 0.717) is 22.9 Å². The molecule has 1 saturated heterocycles. The van der Waals surface area contributed by atoms with Crippen LogP contribution in [0.4, 0.5) is 5.69 Å². The largest absolute Gasteiger partial charge is 0.493 e. The van der Waals surface area contributed by atoms with Crippen molar-refractivity contribution in [1.29, 1.82) is 0 Å².